The van der Waals surface area contributed by atoms with E-state index in [4.69, 9.17) is 10.8 Å². The van der Waals surface area contributed by atoms with E-state index < -0.39 is 6.10 Å². The predicted molar refractivity (Wildman–Crippen MR) is 60.6 cm³/mol. The van der Waals surface area contributed by atoms with Gasteiger partial charge in [0.2, 0.25) is 5.91 Å². The van der Waals surface area contributed by atoms with Crippen molar-refractivity contribution in [2.45, 2.75) is 26.0 Å². The number of likely N-dealkylation sites (N-methyl/N-ethyl adjacent to an activating group) is 1. The van der Waals surface area contributed by atoms with Gasteiger partial charge in [-0.3, -0.25) is 9.48 Å². The molecule has 1 rings (SSSR count). The lowest BCUT2D eigenvalue weighted by Gasteiger charge is -2.17. The van der Waals surface area contributed by atoms with Crippen molar-refractivity contribution < 1.29 is 9.90 Å². The van der Waals surface area contributed by atoms with Gasteiger partial charge in [-0.1, -0.05) is 0 Å². The summed E-state index contributed by atoms with van der Waals surface area (Å²) in [4.78, 5) is 13.3. The zero-order valence-corrected chi connectivity index (χ0v) is 9.63. The Morgan fingerprint density at radius 3 is 2.94 bits per heavy atom. The molecule has 1 aromatic heterocycles. The highest BCUT2D eigenvalue weighted by Gasteiger charge is 2.10. The summed E-state index contributed by atoms with van der Waals surface area (Å²) in [5, 5.41) is 13.0. The third-order valence-corrected chi connectivity index (χ3v) is 2.26. The number of aliphatic hydroxyl groups is 1. The van der Waals surface area contributed by atoms with Crippen LogP contribution in [0, 0.1) is 0 Å². The van der Waals surface area contributed by atoms with Gasteiger partial charge in [0.15, 0.2) is 0 Å². The van der Waals surface area contributed by atoms with E-state index in [1.807, 2.05) is 0 Å². The fourth-order valence-electron chi connectivity index (χ4n) is 1.23. The molecule has 0 aliphatic heterocycles. The number of nitrogen functional groups attached to an aromatic ring is 1. The molecule has 1 atom stereocenters. The van der Waals surface area contributed by atoms with Gasteiger partial charge in [-0.25, -0.2) is 0 Å². The molecule has 16 heavy (non-hydrogen) atoms. The van der Waals surface area contributed by atoms with Crippen LogP contribution in [0.2, 0.25) is 0 Å². The molecule has 1 amide bonds. The maximum Gasteiger partial charge on any atom is 0.244 e. The van der Waals surface area contributed by atoms with E-state index in [1.54, 1.807) is 25.1 Å². The van der Waals surface area contributed by atoms with Crippen molar-refractivity contribution in [2.75, 3.05) is 19.3 Å². The van der Waals surface area contributed by atoms with Gasteiger partial charge in [-0.2, -0.15) is 5.10 Å². The Hall–Kier alpha value is -1.56. The second kappa shape index (κ2) is 5.50. The molecule has 1 heterocycles. The lowest BCUT2D eigenvalue weighted by molar-refractivity contribution is -0.130. The fraction of sp³-hybridized carbons (Fsp3) is 0.600. The molecular weight excluding hydrogens is 208 g/mol. The molecule has 90 valence electrons. The number of carbonyl (C=O) groups excluding carboxylic acids is 1. The maximum atomic E-state index is 11.7. The summed E-state index contributed by atoms with van der Waals surface area (Å²) in [6, 6.07) is 0. The summed E-state index contributed by atoms with van der Waals surface area (Å²) in [6.45, 7) is 2.41. The van der Waals surface area contributed by atoms with Crippen molar-refractivity contribution in [3.63, 3.8) is 0 Å². The number of aliphatic hydroxyl groups excluding tert-OH is 1. The fourth-order valence-corrected chi connectivity index (χ4v) is 1.23. The largest absolute Gasteiger partial charge is 0.396 e. The number of nitrogens with two attached hydrogens (primary N) is 1. The number of rotatable bonds is 5. The average Bonchev–Trinajstić information content (AvgIpc) is 2.60. The lowest BCUT2D eigenvalue weighted by Crippen LogP contribution is -2.32. The van der Waals surface area contributed by atoms with Gasteiger partial charge in [0.1, 0.15) is 6.54 Å². The van der Waals surface area contributed by atoms with Crippen molar-refractivity contribution in [3.05, 3.63) is 12.4 Å². The van der Waals surface area contributed by atoms with Crippen molar-refractivity contribution in [1.82, 2.24) is 14.7 Å². The van der Waals surface area contributed by atoms with Crippen LogP contribution >= 0.6 is 0 Å². The van der Waals surface area contributed by atoms with Crippen LogP contribution in [0.15, 0.2) is 12.4 Å². The number of carbonyl (C=O) groups is 1. The molecular formula is C10H18N4O2. The highest BCUT2D eigenvalue weighted by Crippen LogP contribution is 2.00. The van der Waals surface area contributed by atoms with Crippen LogP contribution in [0.4, 0.5) is 5.69 Å². The third-order valence-electron chi connectivity index (χ3n) is 2.26. The van der Waals surface area contributed by atoms with Crippen LogP contribution in [-0.2, 0) is 11.3 Å². The summed E-state index contributed by atoms with van der Waals surface area (Å²) in [6.07, 6.45) is 3.29. The molecule has 1 unspecified atom stereocenters. The molecule has 1 aromatic rings. The van der Waals surface area contributed by atoms with E-state index in [-0.39, 0.29) is 12.5 Å². The molecule has 6 heteroatoms. The van der Waals surface area contributed by atoms with Crippen molar-refractivity contribution in [2.24, 2.45) is 0 Å². The summed E-state index contributed by atoms with van der Waals surface area (Å²) in [7, 11) is 1.71. The van der Waals surface area contributed by atoms with E-state index in [0.717, 1.165) is 0 Å². The van der Waals surface area contributed by atoms with E-state index in [2.05, 4.69) is 5.10 Å². The van der Waals surface area contributed by atoms with Gasteiger partial charge in [-0.05, 0) is 13.3 Å². The standard InChI is InChI=1S/C10H18N4O2/c1-8(15)3-4-13(2)10(16)7-14-6-9(11)5-12-14/h5-6,8,15H,3-4,7,11H2,1-2H3. The second-order valence-electron chi connectivity index (χ2n) is 3.92. The molecule has 0 aliphatic rings. The van der Waals surface area contributed by atoms with E-state index in [1.165, 1.54) is 10.9 Å². The van der Waals surface area contributed by atoms with Gasteiger partial charge < -0.3 is 15.7 Å². The van der Waals surface area contributed by atoms with E-state index in [9.17, 15) is 4.79 Å². The first kappa shape index (κ1) is 12.5. The Morgan fingerprint density at radius 2 is 2.44 bits per heavy atom. The van der Waals surface area contributed by atoms with E-state index >= 15 is 0 Å². The Bertz CT molecular complexity index is 348. The third kappa shape index (κ3) is 3.90. The number of hydrogen-bond acceptors (Lipinski definition) is 4. The number of nitrogens with zero attached hydrogens (tertiary/aromatic N) is 3. The summed E-state index contributed by atoms with van der Waals surface area (Å²) < 4.78 is 1.50. The zero-order chi connectivity index (χ0) is 12.1. The van der Waals surface area contributed by atoms with E-state index in [0.29, 0.717) is 18.7 Å². The van der Waals surface area contributed by atoms with Crippen molar-refractivity contribution >= 4 is 11.6 Å². The number of amides is 1. The average molecular weight is 226 g/mol. The quantitative estimate of drug-likeness (QED) is 0.721. The second-order valence-corrected chi connectivity index (χ2v) is 3.92. The molecule has 3 N–H and O–H groups in total. The van der Waals surface area contributed by atoms with Crippen LogP contribution in [0.5, 0.6) is 0 Å². The van der Waals surface area contributed by atoms with Crippen LogP contribution < -0.4 is 5.73 Å². The molecule has 6 nitrogen and oxygen atoms in total. The van der Waals surface area contributed by atoms with Gasteiger partial charge in [-0.15, -0.1) is 0 Å². The maximum absolute atomic E-state index is 11.7. The SMILES string of the molecule is CC(O)CCN(C)C(=O)Cn1cc(N)cn1. The minimum absolute atomic E-state index is 0.0521. The summed E-state index contributed by atoms with van der Waals surface area (Å²) in [5.41, 5.74) is 6.03. The first-order valence-electron chi connectivity index (χ1n) is 5.19. The number of hydrogen-bond donors (Lipinski definition) is 2. The number of aromatic nitrogens is 2. The Kier molecular flexibility index (Phi) is 4.30. The molecule has 0 bridgehead atoms. The minimum atomic E-state index is -0.393. The Labute approximate surface area is 94.6 Å². The highest BCUT2D eigenvalue weighted by atomic mass is 16.3. The van der Waals surface area contributed by atoms with Crippen LogP contribution in [0.25, 0.3) is 0 Å². The normalized spacial score (nSPS) is 12.4. The molecule has 0 saturated carbocycles. The first-order chi connectivity index (χ1) is 7.49. The van der Waals surface area contributed by atoms with Gasteiger partial charge in [0, 0.05) is 19.8 Å². The van der Waals surface area contributed by atoms with Gasteiger partial charge >= 0.3 is 0 Å². The first-order valence-corrected chi connectivity index (χ1v) is 5.19. The van der Waals surface area contributed by atoms with Crippen molar-refractivity contribution in [1.29, 1.82) is 0 Å². The molecule has 0 spiro atoms. The lowest BCUT2D eigenvalue weighted by atomic mass is 10.3. The topological polar surface area (TPSA) is 84.4 Å². The molecule has 0 fully saturated rings. The zero-order valence-electron chi connectivity index (χ0n) is 9.63. The summed E-state index contributed by atoms with van der Waals surface area (Å²) in [5.74, 6) is -0.0521. The van der Waals surface area contributed by atoms with Crippen LogP contribution in [-0.4, -0.2) is 45.4 Å². The van der Waals surface area contributed by atoms with Crippen LogP contribution in [0.1, 0.15) is 13.3 Å². The molecule has 0 aromatic carbocycles. The van der Waals surface area contributed by atoms with Gasteiger partial charge in [0.25, 0.3) is 0 Å². The Balaban J connectivity index is 2.39. The molecule has 0 aliphatic carbocycles. The van der Waals surface area contributed by atoms with Crippen molar-refractivity contribution in [3.8, 4) is 0 Å². The number of anilines is 1. The summed E-state index contributed by atoms with van der Waals surface area (Å²) >= 11 is 0. The van der Waals surface area contributed by atoms with Gasteiger partial charge in [0.05, 0.1) is 18.0 Å². The van der Waals surface area contributed by atoms with Crippen LogP contribution in [0.3, 0.4) is 0 Å². The smallest absolute Gasteiger partial charge is 0.244 e. The highest BCUT2D eigenvalue weighted by molar-refractivity contribution is 5.75. The monoisotopic (exact) mass is 226 g/mol. The minimum Gasteiger partial charge on any atom is -0.396 e. The predicted octanol–water partition coefficient (Wildman–Crippen LogP) is -0.305. The molecule has 0 radical (unpaired) electrons. The molecule has 0 saturated heterocycles. The Morgan fingerprint density at radius 1 is 1.75 bits per heavy atom.